The van der Waals surface area contributed by atoms with Gasteiger partial charge in [0.05, 0.1) is 0 Å². The number of benzene rings is 1. The molecule has 1 saturated carbocycles. The third-order valence-electron chi connectivity index (χ3n) is 6.45. The fourth-order valence-electron chi connectivity index (χ4n) is 4.19. The van der Waals surface area contributed by atoms with Crippen LogP contribution in [0, 0.1) is 16.7 Å². The summed E-state index contributed by atoms with van der Waals surface area (Å²) >= 11 is 0. The Balaban J connectivity index is 0.000000360. The largest absolute Gasteiger partial charge is 0.507 e. The van der Waals surface area contributed by atoms with E-state index < -0.39 is 6.10 Å². The molecule has 3 rings (SSSR count). The van der Waals surface area contributed by atoms with Crippen LogP contribution in [0.15, 0.2) is 24.3 Å². The van der Waals surface area contributed by atoms with Crippen LogP contribution in [0.2, 0.25) is 0 Å². The Kier molecular flexibility index (Phi) is 10.6. The number of nitrogens with zero attached hydrogens (tertiary/aromatic N) is 1. The number of phenolic OH excluding ortho intramolecular Hbond substituents is 1. The maximum atomic E-state index is 12.1. The van der Waals surface area contributed by atoms with Gasteiger partial charge in [0.2, 0.25) is 5.91 Å². The molecule has 2 atom stereocenters. The van der Waals surface area contributed by atoms with E-state index in [1.807, 2.05) is 0 Å². The summed E-state index contributed by atoms with van der Waals surface area (Å²) in [6.07, 6.45) is 8.15. The molecular weight excluding hydrogens is 446 g/mol. The molecule has 35 heavy (non-hydrogen) atoms. The molecule has 1 aromatic carbocycles. The van der Waals surface area contributed by atoms with Gasteiger partial charge in [0.1, 0.15) is 30.8 Å². The van der Waals surface area contributed by atoms with Gasteiger partial charge in [-0.2, -0.15) is 0 Å². The highest BCUT2D eigenvalue weighted by Gasteiger charge is 2.46. The first kappa shape index (κ1) is 28.7. The van der Waals surface area contributed by atoms with E-state index in [1.165, 1.54) is 25.0 Å². The average Bonchev–Trinajstić information content (AvgIpc) is 3.39. The smallest absolute Gasteiger partial charge is 0.293 e. The molecule has 0 bridgehead atoms. The number of aliphatic hydroxyl groups excluding tert-OH is 1. The zero-order valence-corrected chi connectivity index (χ0v) is 22.0. The minimum absolute atomic E-state index is 0.0289. The molecule has 1 aliphatic carbocycles. The Morgan fingerprint density at radius 3 is 2.37 bits per heavy atom. The number of rotatable bonds is 9. The molecule has 1 saturated heterocycles. The fourth-order valence-corrected chi connectivity index (χ4v) is 4.19. The molecule has 2 N–H and O–H groups in total. The van der Waals surface area contributed by atoms with Gasteiger partial charge in [-0.05, 0) is 67.1 Å². The predicted octanol–water partition coefficient (Wildman–Crippen LogP) is 4.80. The first-order valence-corrected chi connectivity index (χ1v) is 12.6. The van der Waals surface area contributed by atoms with Crippen LogP contribution in [-0.4, -0.2) is 59.9 Å². The number of hydrogen-bond donors (Lipinski definition) is 2. The summed E-state index contributed by atoms with van der Waals surface area (Å²) in [6.45, 7) is 13.3. The number of hydrogen-bond acceptors (Lipinski definition) is 6. The standard InChI is InChI=1S/C18H23NO6.C10H20/c20-13-24-11-15(21)12-25-16-6-4-14(17(22)10-16)5-7-18(23)19-8-2-1-3-9-19;1-9(2,3)6-8-7-10(8,4)5/h4-7,10,13,15,21-22H,1-3,8-9,11-12H2;8H,6-7H2,1-5H3/b7-5+;. The van der Waals surface area contributed by atoms with Crippen molar-refractivity contribution in [1.29, 1.82) is 0 Å². The molecule has 0 aromatic heterocycles. The van der Waals surface area contributed by atoms with Crippen LogP contribution >= 0.6 is 0 Å². The monoisotopic (exact) mass is 489 g/mol. The molecule has 2 aliphatic rings. The molecule has 1 heterocycles. The summed E-state index contributed by atoms with van der Waals surface area (Å²) in [7, 11) is 0. The Labute approximate surface area is 210 Å². The first-order valence-electron chi connectivity index (χ1n) is 12.6. The number of piperidine rings is 1. The number of carbonyl (C=O) groups excluding carboxylic acids is 2. The summed E-state index contributed by atoms with van der Waals surface area (Å²) in [4.78, 5) is 23.9. The van der Waals surface area contributed by atoms with Crippen molar-refractivity contribution >= 4 is 18.5 Å². The number of phenols is 1. The molecule has 7 heteroatoms. The number of amides is 1. The summed E-state index contributed by atoms with van der Waals surface area (Å²) < 4.78 is 9.74. The van der Waals surface area contributed by atoms with Gasteiger partial charge in [-0.1, -0.05) is 34.6 Å². The highest BCUT2D eigenvalue weighted by atomic mass is 16.5. The van der Waals surface area contributed by atoms with Crippen molar-refractivity contribution in [3.05, 3.63) is 29.8 Å². The second-order valence-corrected chi connectivity index (χ2v) is 11.5. The van der Waals surface area contributed by atoms with Crippen LogP contribution in [0.5, 0.6) is 11.5 Å². The van der Waals surface area contributed by atoms with E-state index in [9.17, 15) is 19.8 Å². The van der Waals surface area contributed by atoms with E-state index in [2.05, 4.69) is 39.4 Å². The number of carbonyl (C=O) groups is 2. The average molecular weight is 490 g/mol. The van der Waals surface area contributed by atoms with Crippen LogP contribution in [-0.2, 0) is 14.3 Å². The minimum Gasteiger partial charge on any atom is -0.507 e. The topological polar surface area (TPSA) is 96.3 Å². The zero-order chi connectivity index (χ0) is 26.1. The van der Waals surface area contributed by atoms with Crippen molar-refractivity contribution in [3.8, 4) is 11.5 Å². The molecule has 196 valence electrons. The first-order chi connectivity index (χ1) is 16.4. The summed E-state index contributed by atoms with van der Waals surface area (Å²) in [5.74, 6) is 1.28. The lowest BCUT2D eigenvalue weighted by molar-refractivity contribution is -0.132. The highest BCUT2D eigenvalue weighted by Crippen LogP contribution is 2.56. The van der Waals surface area contributed by atoms with Gasteiger partial charge in [-0.25, -0.2) is 0 Å². The van der Waals surface area contributed by atoms with Crippen LogP contribution in [0.3, 0.4) is 0 Å². The molecule has 7 nitrogen and oxygen atoms in total. The Hall–Kier alpha value is -2.54. The third-order valence-corrected chi connectivity index (χ3v) is 6.45. The number of ether oxygens (including phenoxy) is 2. The normalized spacial score (nSPS) is 19.9. The number of aliphatic hydroxyl groups is 1. The lowest BCUT2D eigenvalue weighted by Gasteiger charge is -2.25. The van der Waals surface area contributed by atoms with Crippen molar-refractivity contribution in [1.82, 2.24) is 4.90 Å². The molecule has 1 amide bonds. The van der Waals surface area contributed by atoms with Crippen molar-refractivity contribution < 1.29 is 29.3 Å². The molecule has 1 aromatic rings. The van der Waals surface area contributed by atoms with Crippen molar-refractivity contribution in [3.63, 3.8) is 0 Å². The van der Waals surface area contributed by atoms with E-state index >= 15 is 0 Å². The molecule has 2 unspecified atom stereocenters. The molecule has 2 fully saturated rings. The van der Waals surface area contributed by atoms with E-state index in [1.54, 1.807) is 23.1 Å². The number of likely N-dealkylation sites (tertiary alicyclic amines) is 1. The molecular formula is C28H43NO6. The van der Waals surface area contributed by atoms with E-state index in [0.717, 1.165) is 38.3 Å². The maximum Gasteiger partial charge on any atom is 0.293 e. The summed E-state index contributed by atoms with van der Waals surface area (Å²) in [5.41, 5.74) is 1.72. The van der Waals surface area contributed by atoms with Gasteiger partial charge in [0.25, 0.3) is 6.47 Å². The Bertz CT molecular complexity index is 851. The summed E-state index contributed by atoms with van der Waals surface area (Å²) in [6, 6.07) is 4.65. The Morgan fingerprint density at radius 1 is 1.20 bits per heavy atom. The van der Waals surface area contributed by atoms with E-state index in [-0.39, 0.29) is 31.3 Å². The van der Waals surface area contributed by atoms with E-state index in [4.69, 9.17) is 4.74 Å². The zero-order valence-electron chi connectivity index (χ0n) is 22.0. The van der Waals surface area contributed by atoms with Crippen LogP contribution in [0.25, 0.3) is 6.08 Å². The second-order valence-electron chi connectivity index (χ2n) is 11.5. The van der Waals surface area contributed by atoms with Gasteiger partial charge >= 0.3 is 0 Å². The van der Waals surface area contributed by atoms with Gasteiger partial charge < -0.3 is 24.6 Å². The van der Waals surface area contributed by atoms with Gasteiger partial charge in [-0.3, -0.25) is 9.59 Å². The lowest BCUT2D eigenvalue weighted by Crippen LogP contribution is -2.34. The summed E-state index contributed by atoms with van der Waals surface area (Å²) in [5, 5.41) is 19.5. The molecule has 0 radical (unpaired) electrons. The lowest BCUT2D eigenvalue weighted by atomic mass is 9.87. The van der Waals surface area contributed by atoms with Gasteiger partial charge in [0.15, 0.2) is 0 Å². The minimum atomic E-state index is -0.950. The highest BCUT2D eigenvalue weighted by molar-refractivity contribution is 5.92. The number of aromatic hydroxyl groups is 1. The van der Waals surface area contributed by atoms with Crippen LogP contribution in [0.4, 0.5) is 0 Å². The van der Waals surface area contributed by atoms with Crippen molar-refractivity contribution in [2.75, 3.05) is 26.3 Å². The Morgan fingerprint density at radius 2 is 1.86 bits per heavy atom. The molecule has 0 spiro atoms. The van der Waals surface area contributed by atoms with Crippen LogP contribution < -0.4 is 4.74 Å². The fraction of sp³-hybridized carbons (Fsp3) is 0.643. The second kappa shape index (κ2) is 13.0. The third kappa shape index (κ3) is 10.7. The van der Waals surface area contributed by atoms with Gasteiger partial charge in [0, 0.05) is 30.8 Å². The predicted molar refractivity (Wildman–Crippen MR) is 137 cm³/mol. The maximum absolute atomic E-state index is 12.1. The van der Waals surface area contributed by atoms with Crippen molar-refractivity contribution in [2.24, 2.45) is 16.7 Å². The van der Waals surface area contributed by atoms with E-state index in [0.29, 0.717) is 22.1 Å². The SMILES string of the molecule is CC(C)(C)CC1CC1(C)C.O=COCC(O)COc1ccc(/C=C/C(=O)N2CCCCC2)c(O)c1. The molecule has 1 aliphatic heterocycles. The van der Waals surface area contributed by atoms with Crippen molar-refractivity contribution in [2.45, 2.75) is 72.8 Å². The van der Waals surface area contributed by atoms with Crippen LogP contribution in [0.1, 0.15) is 72.3 Å². The van der Waals surface area contributed by atoms with Gasteiger partial charge in [-0.15, -0.1) is 0 Å². The quantitative estimate of drug-likeness (QED) is 0.382.